The molecule has 0 amide bonds. The SMILES string of the molecule is COC(=O)C1(F)NCC2CC21F. The van der Waals surface area contributed by atoms with Gasteiger partial charge in [-0.05, 0) is 6.42 Å². The van der Waals surface area contributed by atoms with Gasteiger partial charge < -0.3 is 4.74 Å². The van der Waals surface area contributed by atoms with Crippen LogP contribution in [0.15, 0.2) is 0 Å². The monoisotopic (exact) mass is 177 g/mol. The number of hydrogen-bond acceptors (Lipinski definition) is 3. The Bertz CT molecular complexity index is 246. The van der Waals surface area contributed by atoms with Gasteiger partial charge in [-0.2, -0.15) is 0 Å². The second-order valence-corrected chi connectivity index (χ2v) is 3.29. The molecular formula is C7H9F2NO2. The Labute approximate surface area is 68.1 Å². The molecular weight excluding hydrogens is 168 g/mol. The summed E-state index contributed by atoms with van der Waals surface area (Å²) in [6.07, 6.45) is 0.117. The fraction of sp³-hybridized carbons (Fsp3) is 0.857. The average Bonchev–Trinajstić information content (AvgIpc) is 2.66. The summed E-state index contributed by atoms with van der Waals surface area (Å²) in [5.41, 5.74) is -2.01. The Morgan fingerprint density at radius 2 is 2.33 bits per heavy atom. The minimum atomic E-state index is -2.60. The molecule has 0 aromatic rings. The molecule has 2 fully saturated rings. The third kappa shape index (κ3) is 0.652. The average molecular weight is 177 g/mol. The lowest BCUT2D eigenvalue weighted by molar-refractivity contribution is -0.162. The first-order chi connectivity index (χ1) is 5.54. The van der Waals surface area contributed by atoms with Gasteiger partial charge in [-0.1, -0.05) is 0 Å². The molecule has 3 atom stereocenters. The van der Waals surface area contributed by atoms with Crippen molar-refractivity contribution < 1.29 is 18.3 Å². The minimum absolute atomic E-state index is 0.117. The zero-order chi connectivity index (χ0) is 8.98. The van der Waals surface area contributed by atoms with Crippen molar-refractivity contribution in [1.29, 1.82) is 0 Å². The van der Waals surface area contributed by atoms with E-state index in [2.05, 4.69) is 10.1 Å². The van der Waals surface area contributed by atoms with E-state index in [-0.39, 0.29) is 18.9 Å². The number of methoxy groups -OCH3 is 1. The predicted octanol–water partition coefficient (Wildman–Crippen LogP) is 0.157. The molecule has 0 aromatic heterocycles. The summed E-state index contributed by atoms with van der Waals surface area (Å²) in [5.74, 6) is -4.13. The van der Waals surface area contributed by atoms with Gasteiger partial charge in [0.05, 0.1) is 7.11 Å². The fourth-order valence-corrected chi connectivity index (χ4v) is 1.75. The summed E-state index contributed by atoms with van der Waals surface area (Å²) in [6, 6.07) is 0. The summed E-state index contributed by atoms with van der Waals surface area (Å²) in [6.45, 7) is 0.210. The third-order valence-corrected chi connectivity index (χ3v) is 2.66. The number of fused-ring (bicyclic) bond motifs is 1. The molecule has 1 aliphatic carbocycles. The van der Waals surface area contributed by atoms with E-state index >= 15 is 0 Å². The molecule has 0 bridgehead atoms. The number of carbonyl (C=O) groups excluding carboxylic acids is 1. The Hall–Kier alpha value is -0.710. The van der Waals surface area contributed by atoms with Gasteiger partial charge in [0, 0.05) is 12.5 Å². The number of rotatable bonds is 1. The smallest absolute Gasteiger partial charge is 0.362 e. The minimum Gasteiger partial charge on any atom is -0.466 e. The lowest BCUT2D eigenvalue weighted by atomic mass is 10.1. The van der Waals surface area contributed by atoms with E-state index in [0.29, 0.717) is 0 Å². The standard InChI is InChI=1S/C7H9F2NO2/c1-12-5(11)7(9)6(8)2-4(6)3-10-7/h4,10H,2-3H2,1H3. The van der Waals surface area contributed by atoms with Crippen LogP contribution in [0.1, 0.15) is 6.42 Å². The highest BCUT2D eigenvalue weighted by Crippen LogP contribution is 2.59. The van der Waals surface area contributed by atoms with E-state index in [9.17, 15) is 13.6 Å². The molecule has 1 saturated carbocycles. The summed E-state index contributed by atoms with van der Waals surface area (Å²) < 4.78 is 31.2. The molecule has 1 N–H and O–H groups in total. The molecule has 1 saturated heterocycles. The van der Waals surface area contributed by atoms with Crippen molar-refractivity contribution in [3.8, 4) is 0 Å². The normalized spacial score (nSPS) is 50.1. The number of halogens is 2. The molecule has 1 heterocycles. The Kier molecular flexibility index (Phi) is 1.29. The first-order valence-corrected chi connectivity index (χ1v) is 3.76. The third-order valence-electron chi connectivity index (χ3n) is 2.66. The van der Waals surface area contributed by atoms with Crippen molar-refractivity contribution in [1.82, 2.24) is 5.32 Å². The van der Waals surface area contributed by atoms with E-state index in [1.807, 2.05) is 0 Å². The summed E-state index contributed by atoms with van der Waals surface area (Å²) in [7, 11) is 1.05. The van der Waals surface area contributed by atoms with Crippen LogP contribution in [0.25, 0.3) is 0 Å². The van der Waals surface area contributed by atoms with Gasteiger partial charge in [0.1, 0.15) is 0 Å². The molecule has 1 aliphatic heterocycles. The Balaban J connectivity index is 2.26. The maximum Gasteiger partial charge on any atom is 0.362 e. The Morgan fingerprint density at radius 3 is 2.67 bits per heavy atom. The molecule has 3 nitrogen and oxygen atoms in total. The number of ether oxygens (including phenoxy) is 1. The number of esters is 1. The first kappa shape index (κ1) is 7.91. The van der Waals surface area contributed by atoms with E-state index in [1.54, 1.807) is 0 Å². The molecule has 2 rings (SSSR count). The Morgan fingerprint density at radius 1 is 1.67 bits per heavy atom. The van der Waals surface area contributed by atoms with E-state index in [0.717, 1.165) is 7.11 Å². The van der Waals surface area contributed by atoms with Crippen molar-refractivity contribution >= 4 is 5.97 Å². The van der Waals surface area contributed by atoms with Gasteiger partial charge >= 0.3 is 5.97 Å². The number of hydrogen-bond donors (Lipinski definition) is 1. The maximum atomic E-state index is 13.6. The van der Waals surface area contributed by atoms with Crippen molar-refractivity contribution in [2.45, 2.75) is 17.9 Å². The highest BCUT2D eigenvalue weighted by Gasteiger charge is 2.77. The number of alkyl halides is 2. The molecule has 68 valence electrons. The van der Waals surface area contributed by atoms with Gasteiger partial charge in [-0.25, -0.2) is 13.6 Å². The van der Waals surface area contributed by atoms with Crippen LogP contribution in [0.3, 0.4) is 0 Å². The van der Waals surface area contributed by atoms with Crippen LogP contribution in [0.2, 0.25) is 0 Å². The topological polar surface area (TPSA) is 38.3 Å². The zero-order valence-corrected chi connectivity index (χ0v) is 6.56. The lowest BCUT2D eigenvalue weighted by Crippen LogP contribution is -2.53. The molecule has 2 aliphatic rings. The second kappa shape index (κ2) is 1.96. The van der Waals surface area contributed by atoms with E-state index in [1.165, 1.54) is 0 Å². The van der Waals surface area contributed by atoms with Crippen molar-refractivity contribution in [3.05, 3.63) is 0 Å². The van der Waals surface area contributed by atoms with Gasteiger partial charge in [0.2, 0.25) is 0 Å². The molecule has 3 unspecified atom stereocenters. The van der Waals surface area contributed by atoms with Crippen LogP contribution < -0.4 is 5.32 Å². The van der Waals surface area contributed by atoms with Crippen LogP contribution in [0.5, 0.6) is 0 Å². The van der Waals surface area contributed by atoms with Crippen molar-refractivity contribution in [3.63, 3.8) is 0 Å². The highest BCUT2D eigenvalue weighted by molar-refractivity contribution is 5.82. The van der Waals surface area contributed by atoms with Gasteiger partial charge in [0.25, 0.3) is 5.79 Å². The van der Waals surface area contributed by atoms with Gasteiger partial charge in [-0.15, -0.1) is 0 Å². The van der Waals surface area contributed by atoms with Gasteiger partial charge in [0.15, 0.2) is 5.67 Å². The van der Waals surface area contributed by atoms with Crippen LogP contribution in [0.4, 0.5) is 8.78 Å². The van der Waals surface area contributed by atoms with Gasteiger partial charge in [-0.3, -0.25) is 5.32 Å². The van der Waals surface area contributed by atoms with E-state index < -0.39 is 17.4 Å². The summed E-state index contributed by atoms with van der Waals surface area (Å²) in [4.78, 5) is 10.9. The maximum absolute atomic E-state index is 13.6. The van der Waals surface area contributed by atoms with Crippen LogP contribution in [0, 0.1) is 5.92 Å². The molecule has 5 heteroatoms. The molecule has 12 heavy (non-hydrogen) atoms. The van der Waals surface area contributed by atoms with E-state index in [4.69, 9.17) is 0 Å². The predicted molar refractivity (Wildman–Crippen MR) is 35.8 cm³/mol. The zero-order valence-electron chi connectivity index (χ0n) is 6.56. The van der Waals surface area contributed by atoms with Crippen LogP contribution >= 0.6 is 0 Å². The fourth-order valence-electron chi connectivity index (χ4n) is 1.75. The lowest BCUT2D eigenvalue weighted by Gasteiger charge is -2.22. The largest absolute Gasteiger partial charge is 0.466 e. The molecule has 0 aromatic carbocycles. The first-order valence-electron chi connectivity index (χ1n) is 3.76. The van der Waals surface area contributed by atoms with Crippen LogP contribution in [-0.2, 0) is 9.53 Å². The molecule has 0 radical (unpaired) electrons. The van der Waals surface area contributed by atoms with Crippen LogP contribution in [-0.4, -0.2) is 31.1 Å². The molecule has 0 spiro atoms. The van der Waals surface area contributed by atoms with Crippen molar-refractivity contribution in [2.75, 3.05) is 13.7 Å². The number of nitrogens with one attached hydrogen (secondary N) is 1. The number of piperidine rings is 1. The number of carbonyl (C=O) groups is 1. The highest BCUT2D eigenvalue weighted by atomic mass is 19.2. The quantitative estimate of drug-likeness (QED) is 0.458. The summed E-state index contributed by atoms with van der Waals surface area (Å²) in [5, 5.41) is 2.21. The second-order valence-electron chi connectivity index (χ2n) is 3.29. The van der Waals surface area contributed by atoms with Crippen molar-refractivity contribution in [2.24, 2.45) is 5.92 Å². The summed E-state index contributed by atoms with van der Waals surface area (Å²) >= 11 is 0.